The van der Waals surface area contributed by atoms with Gasteiger partial charge in [0.15, 0.2) is 0 Å². The van der Waals surface area contributed by atoms with Crippen LogP contribution < -0.4 is 0 Å². The van der Waals surface area contributed by atoms with Gasteiger partial charge in [-0.15, -0.1) is 11.3 Å². The summed E-state index contributed by atoms with van der Waals surface area (Å²) >= 11 is 1.77. The Kier molecular flexibility index (Phi) is 2.62. The second-order valence-corrected chi connectivity index (χ2v) is 4.58. The molecule has 1 aliphatic rings. The Labute approximate surface area is 82.3 Å². The molecule has 0 amide bonds. The highest BCUT2D eigenvalue weighted by atomic mass is 32.1. The molecular weight excluding hydrogens is 184 g/mol. The number of thiazole rings is 1. The highest BCUT2D eigenvalue weighted by Crippen LogP contribution is 2.20. The number of aryl methyl sites for hydroxylation is 2. The Balaban J connectivity index is 2.03. The van der Waals surface area contributed by atoms with Gasteiger partial charge in [-0.1, -0.05) is 0 Å². The molecular formula is C9H14N2OS. The van der Waals surface area contributed by atoms with Crippen molar-refractivity contribution in [3.63, 3.8) is 0 Å². The molecule has 0 N–H and O–H groups in total. The smallest absolute Gasteiger partial charge is 0.0900 e. The minimum Gasteiger partial charge on any atom is -0.299 e. The highest BCUT2D eigenvalue weighted by molar-refractivity contribution is 7.11. The lowest BCUT2D eigenvalue weighted by Crippen LogP contribution is -2.16. The molecule has 0 unspecified atom stereocenters. The second-order valence-electron chi connectivity index (χ2n) is 3.29. The van der Waals surface area contributed by atoms with Crippen LogP contribution in [-0.2, 0) is 11.4 Å². The van der Waals surface area contributed by atoms with Gasteiger partial charge in [0, 0.05) is 11.4 Å². The van der Waals surface area contributed by atoms with Crippen molar-refractivity contribution in [1.29, 1.82) is 0 Å². The van der Waals surface area contributed by atoms with Crippen molar-refractivity contribution < 1.29 is 4.84 Å². The number of hydrogen-bond acceptors (Lipinski definition) is 4. The number of rotatable bonds is 2. The molecule has 0 atom stereocenters. The maximum Gasteiger partial charge on any atom is 0.0900 e. The summed E-state index contributed by atoms with van der Waals surface area (Å²) in [5.74, 6) is 0. The first-order valence-electron chi connectivity index (χ1n) is 4.56. The van der Waals surface area contributed by atoms with Crippen LogP contribution in [0.5, 0.6) is 0 Å². The molecule has 72 valence electrons. The minimum absolute atomic E-state index is 0.872. The summed E-state index contributed by atoms with van der Waals surface area (Å²) in [4.78, 5) is 11.2. The molecule has 1 saturated heterocycles. The average Bonchev–Trinajstić information content (AvgIpc) is 2.63. The Bertz CT molecular complexity index is 292. The van der Waals surface area contributed by atoms with Gasteiger partial charge in [0.1, 0.15) is 0 Å². The molecule has 0 spiro atoms. The van der Waals surface area contributed by atoms with Crippen LogP contribution in [0.4, 0.5) is 0 Å². The summed E-state index contributed by atoms with van der Waals surface area (Å²) in [7, 11) is 0. The van der Waals surface area contributed by atoms with Crippen molar-refractivity contribution in [2.45, 2.75) is 26.8 Å². The van der Waals surface area contributed by atoms with Gasteiger partial charge in [-0.3, -0.25) is 4.84 Å². The van der Waals surface area contributed by atoms with Gasteiger partial charge in [-0.2, -0.15) is 5.06 Å². The maximum atomic E-state index is 5.43. The molecule has 0 aliphatic carbocycles. The molecule has 2 rings (SSSR count). The predicted molar refractivity (Wildman–Crippen MR) is 52.6 cm³/mol. The summed E-state index contributed by atoms with van der Waals surface area (Å²) < 4.78 is 0. The second kappa shape index (κ2) is 3.74. The lowest BCUT2D eigenvalue weighted by Gasteiger charge is -2.11. The summed E-state index contributed by atoms with van der Waals surface area (Å²) in [5.41, 5.74) is 1.15. The molecule has 2 heterocycles. The van der Waals surface area contributed by atoms with E-state index in [1.165, 1.54) is 4.88 Å². The van der Waals surface area contributed by atoms with Crippen LogP contribution in [0.25, 0.3) is 0 Å². The van der Waals surface area contributed by atoms with Crippen molar-refractivity contribution in [2.75, 3.05) is 13.2 Å². The van der Waals surface area contributed by atoms with E-state index in [0.717, 1.165) is 36.8 Å². The van der Waals surface area contributed by atoms with Crippen molar-refractivity contribution in [1.82, 2.24) is 10.0 Å². The van der Waals surface area contributed by atoms with Crippen molar-refractivity contribution in [3.8, 4) is 0 Å². The van der Waals surface area contributed by atoms with Crippen LogP contribution in [0.2, 0.25) is 0 Å². The third kappa shape index (κ3) is 2.07. The zero-order valence-electron chi connectivity index (χ0n) is 8.04. The fourth-order valence-corrected chi connectivity index (χ4v) is 2.45. The van der Waals surface area contributed by atoms with E-state index in [9.17, 15) is 0 Å². The zero-order valence-corrected chi connectivity index (χ0v) is 8.86. The van der Waals surface area contributed by atoms with Crippen LogP contribution in [0, 0.1) is 13.8 Å². The number of hydrogen-bond donors (Lipinski definition) is 0. The molecule has 0 aromatic carbocycles. The van der Waals surface area contributed by atoms with Gasteiger partial charge in [0.25, 0.3) is 0 Å². The van der Waals surface area contributed by atoms with Gasteiger partial charge >= 0.3 is 0 Å². The van der Waals surface area contributed by atoms with E-state index in [0.29, 0.717) is 0 Å². The summed E-state index contributed by atoms with van der Waals surface area (Å²) in [6.07, 6.45) is 1.15. The first-order valence-corrected chi connectivity index (χ1v) is 5.38. The minimum atomic E-state index is 0.872. The van der Waals surface area contributed by atoms with E-state index in [2.05, 4.69) is 11.9 Å². The van der Waals surface area contributed by atoms with E-state index < -0.39 is 0 Å². The van der Waals surface area contributed by atoms with E-state index in [1.807, 2.05) is 12.0 Å². The fraction of sp³-hybridized carbons (Fsp3) is 0.667. The van der Waals surface area contributed by atoms with Crippen molar-refractivity contribution in [2.24, 2.45) is 0 Å². The third-order valence-corrected chi connectivity index (χ3v) is 3.20. The standard InChI is InChI=1S/C9H14N2OS/c1-7-9(13-8(2)10-7)6-11-4-3-5-12-11/h3-6H2,1-2H3. The van der Waals surface area contributed by atoms with E-state index in [4.69, 9.17) is 4.84 Å². The first-order chi connectivity index (χ1) is 6.25. The van der Waals surface area contributed by atoms with Gasteiger partial charge in [-0.25, -0.2) is 4.98 Å². The molecule has 4 heteroatoms. The molecule has 1 fully saturated rings. The van der Waals surface area contributed by atoms with Gasteiger partial charge in [0.05, 0.1) is 23.9 Å². The van der Waals surface area contributed by atoms with Crippen LogP contribution in [0.15, 0.2) is 0 Å². The van der Waals surface area contributed by atoms with E-state index in [-0.39, 0.29) is 0 Å². The normalized spacial score (nSPS) is 18.3. The van der Waals surface area contributed by atoms with E-state index >= 15 is 0 Å². The summed E-state index contributed by atoms with van der Waals surface area (Å²) in [5, 5.41) is 3.17. The molecule has 0 saturated carbocycles. The summed E-state index contributed by atoms with van der Waals surface area (Å²) in [6, 6.07) is 0. The Morgan fingerprint density at radius 3 is 2.92 bits per heavy atom. The quantitative estimate of drug-likeness (QED) is 0.725. The van der Waals surface area contributed by atoms with Crippen LogP contribution in [0.1, 0.15) is 22.0 Å². The summed E-state index contributed by atoms with van der Waals surface area (Å²) in [6.45, 7) is 6.94. The fourth-order valence-electron chi connectivity index (χ4n) is 1.50. The van der Waals surface area contributed by atoms with Crippen LogP contribution in [-0.4, -0.2) is 23.2 Å². The first kappa shape index (κ1) is 9.12. The molecule has 1 aliphatic heterocycles. The van der Waals surface area contributed by atoms with Crippen molar-refractivity contribution >= 4 is 11.3 Å². The number of nitrogens with zero attached hydrogens (tertiary/aromatic N) is 2. The van der Waals surface area contributed by atoms with Gasteiger partial charge in [-0.05, 0) is 20.3 Å². The Hall–Kier alpha value is -0.450. The van der Waals surface area contributed by atoms with Crippen molar-refractivity contribution in [3.05, 3.63) is 15.6 Å². The average molecular weight is 198 g/mol. The van der Waals surface area contributed by atoms with Gasteiger partial charge in [0.2, 0.25) is 0 Å². The number of hydroxylamine groups is 2. The van der Waals surface area contributed by atoms with Crippen LogP contribution >= 0.6 is 11.3 Å². The van der Waals surface area contributed by atoms with E-state index in [1.54, 1.807) is 11.3 Å². The van der Waals surface area contributed by atoms with Crippen LogP contribution in [0.3, 0.4) is 0 Å². The lowest BCUT2D eigenvalue weighted by atomic mass is 10.4. The number of aromatic nitrogens is 1. The molecule has 13 heavy (non-hydrogen) atoms. The Morgan fingerprint density at radius 1 is 1.54 bits per heavy atom. The SMILES string of the molecule is Cc1nc(C)c(CN2CCCO2)s1. The molecule has 0 radical (unpaired) electrons. The highest BCUT2D eigenvalue weighted by Gasteiger charge is 2.15. The maximum absolute atomic E-state index is 5.43. The molecule has 1 aromatic rings. The monoisotopic (exact) mass is 198 g/mol. The molecule has 3 nitrogen and oxygen atoms in total. The predicted octanol–water partition coefficient (Wildman–Crippen LogP) is 1.90. The topological polar surface area (TPSA) is 25.4 Å². The third-order valence-electron chi connectivity index (χ3n) is 2.15. The Morgan fingerprint density at radius 2 is 2.38 bits per heavy atom. The largest absolute Gasteiger partial charge is 0.299 e. The zero-order chi connectivity index (χ0) is 9.26. The lowest BCUT2D eigenvalue weighted by molar-refractivity contribution is -0.116. The van der Waals surface area contributed by atoms with Gasteiger partial charge < -0.3 is 0 Å². The molecule has 1 aromatic heterocycles. The molecule has 0 bridgehead atoms.